The van der Waals surface area contributed by atoms with Gasteiger partial charge in [0.25, 0.3) is 0 Å². The number of nitrogens with zero attached hydrogens (tertiary/aromatic N) is 5. The summed E-state index contributed by atoms with van der Waals surface area (Å²) in [7, 11) is 0. The van der Waals surface area contributed by atoms with Crippen LogP contribution in [0.3, 0.4) is 0 Å². The van der Waals surface area contributed by atoms with Crippen LogP contribution in [0.25, 0.3) is 0 Å². The van der Waals surface area contributed by atoms with Crippen molar-refractivity contribution < 1.29 is 9.21 Å². The van der Waals surface area contributed by atoms with E-state index >= 15 is 0 Å². The number of furan rings is 1. The number of piperidine rings is 1. The van der Waals surface area contributed by atoms with Crippen molar-refractivity contribution in [1.29, 1.82) is 0 Å². The summed E-state index contributed by atoms with van der Waals surface area (Å²) in [5.41, 5.74) is 5.41. The molecule has 0 radical (unpaired) electrons. The average molecular weight is 318 g/mol. The average Bonchev–Trinajstić information content (AvgIpc) is 3.22. The Bertz CT molecular complexity index is 630. The Hall–Kier alpha value is -2.22. The Kier molecular flexibility index (Phi) is 4.71. The van der Waals surface area contributed by atoms with E-state index in [1.807, 2.05) is 12.1 Å². The van der Waals surface area contributed by atoms with Crippen molar-refractivity contribution in [3.8, 4) is 0 Å². The van der Waals surface area contributed by atoms with Crippen molar-refractivity contribution in [2.75, 3.05) is 13.1 Å². The molecular weight excluding hydrogens is 296 g/mol. The first kappa shape index (κ1) is 15.7. The molecule has 1 fully saturated rings. The SMILES string of the molecule is CC[C@@H](c1nnnn1Cc1ccco1)N1CCC(C(N)=O)CC1. The Morgan fingerprint density at radius 2 is 2.26 bits per heavy atom. The number of carbonyl (C=O) groups is 1. The number of tetrazole rings is 1. The minimum Gasteiger partial charge on any atom is -0.467 e. The van der Waals surface area contributed by atoms with E-state index in [9.17, 15) is 4.79 Å². The fourth-order valence-corrected chi connectivity index (χ4v) is 3.21. The number of rotatable bonds is 6. The van der Waals surface area contributed by atoms with Crippen LogP contribution in [0.2, 0.25) is 0 Å². The lowest BCUT2D eigenvalue weighted by molar-refractivity contribution is -0.123. The molecule has 1 atom stereocenters. The topological polar surface area (TPSA) is 103 Å². The Balaban J connectivity index is 1.72. The molecule has 2 N–H and O–H groups in total. The van der Waals surface area contributed by atoms with Crippen molar-refractivity contribution >= 4 is 5.91 Å². The smallest absolute Gasteiger partial charge is 0.220 e. The molecule has 8 nitrogen and oxygen atoms in total. The van der Waals surface area contributed by atoms with E-state index in [2.05, 4.69) is 27.3 Å². The molecule has 1 aliphatic rings. The second kappa shape index (κ2) is 6.91. The van der Waals surface area contributed by atoms with E-state index < -0.39 is 0 Å². The van der Waals surface area contributed by atoms with E-state index in [0.29, 0.717) is 6.54 Å². The van der Waals surface area contributed by atoms with E-state index in [0.717, 1.165) is 43.9 Å². The summed E-state index contributed by atoms with van der Waals surface area (Å²) in [5, 5.41) is 12.1. The highest BCUT2D eigenvalue weighted by atomic mass is 16.3. The van der Waals surface area contributed by atoms with Crippen molar-refractivity contribution in [1.82, 2.24) is 25.1 Å². The summed E-state index contributed by atoms with van der Waals surface area (Å²) in [6.45, 7) is 4.31. The summed E-state index contributed by atoms with van der Waals surface area (Å²) >= 11 is 0. The van der Waals surface area contributed by atoms with Gasteiger partial charge in [0.1, 0.15) is 12.3 Å². The first-order chi connectivity index (χ1) is 11.2. The van der Waals surface area contributed by atoms with Gasteiger partial charge in [0, 0.05) is 5.92 Å². The minimum atomic E-state index is -0.194. The minimum absolute atomic E-state index is 0.0112. The van der Waals surface area contributed by atoms with Gasteiger partial charge in [-0.3, -0.25) is 9.69 Å². The van der Waals surface area contributed by atoms with Gasteiger partial charge < -0.3 is 10.2 Å². The predicted octanol–water partition coefficient (Wildman–Crippen LogP) is 0.963. The summed E-state index contributed by atoms with van der Waals surface area (Å²) in [4.78, 5) is 13.7. The standard InChI is InChI=1S/C15H22N6O2/c1-2-13(20-7-5-11(6-8-20)14(16)22)15-17-18-19-21(15)10-12-4-3-9-23-12/h3-4,9,11,13H,2,5-8,10H2,1H3,(H2,16,22)/t13-/m0/s1. The maximum Gasteiger partial charge on any atom is 0.220 e. The zero-order valence-corrected chi connectivity index (χ0v) is 13.3. The number of hydrogen-bond donors (Lipinski definition) is 1. The molecule has 1 aliphatic heterocycles. The number of amides is 1. The van der Waals surface area contributed by atoms with Crippen molar-refractivity contribution in [3.63, 3.8) is 0 Å². The lowest BCUT2D eigenvalue weighted by Crippen LogP contribution is -2.41. The molecule has 1 saturated heterocycles. The van der Waals surface area contributed by atoms with Crippen LogP contribution in [0.4, 0.5) is 0 Å². The number of aromatic nitrogens is 4. The highest BCUT2D eigenvalue weighted by Crippen LogP contribution is 2.28. The number of primary amides is 1. The predicted molar refractivity (Wildman–Crippen MR) is 82.2 cm³/mol. The van der Waals surface area contributed by atoms with Crippen molar-refractivity contribution in [2.24, 2.45) is 11.7 Å². The maximum absolute atomic E-state index is 11.3. The third-order valence-corrected chi connectivity index (χ3v) is 4.50. The molecule has 0 spiro atoms. The van der Waals surface area contributed by atoms with E-state index in [4.69, 9.17) is 10.2 Å². The van der Waals surface area contributed by atoms with Gasteiger partial charge in [-0.25, -0.2) is 4.68 Å². The molecule has 0 unspecified atom stereocenters. The van der Waals surface area contributed by atoms with Crippen LogP contribution in [-0.4, -0.2) is 44.1 Å². The zero-order valence-electron chi connectivity index (χ0n) is 13.3. The van der Waals surface area contributed by atoms with E-state index in [1.165, 1.54) is 0 Å². The lowest BCUT2D eigenvalue weighted by Gasteiger charge is -2.35. The fraction of sp³-hybridized carbons (Fsp3) is 0.600. The quantitative estimate of drug-likeness (QED) is 0.851. The molecule has 0 bridgehead atoms. The second-order valence-electron chi connectivity index (χ2n) is 5.91. The van der Waals surface area contributed by atoms with E-state index in [1.54, 1.807) is 10.9 Å². The molecule has 3 rings (SSSR count). The van der Waals surface area contributed by atoms with Gasteiger partial charge >= 0.3 is 0 Å². The van der Waals surface area contributed by atoms with Crippen LogP contribution in [0.15, 0.2) is 22.8 Å². The highest BCUT2D eigenvalue weighted by Gasteiger charge is 2.30. The molecule has 3 heterocycles. The molecule has 0 saturated carbocycles. The monoisotopic (exact) mass is 318 g/mol. The summed E-state index contributed by atoms with van der Waals surface area (Å²) in [6, 6.07) is 3.89. The first-order valence-corrected chi connectivity index (χ1v) is 8.00. The van der Waals surface area contributed by atoms with Crippen LogP contribution in [0.5, 0.6) is 0 Å². The first-order valence-electron chi connectivity index (χ1n) is 8.00. The normalized spacial score (nSPS) is 18.1. The van der Waals surface area contributed by atoms with Gasteiger partial charge in [0.15, 0.2) is 5.82 Å². The lowest BCUT2D eigenvalue weighted by atomic mass is 9.94. The van der Waals surface area contributed by atoms with E-state index in [-0.39, 0.29) is 17.9 Å². The Morgan fingerprint density at radius 1 is 1.48 bits per heavy atom. The van der Waals surface area contributed by atoms with Crippen LogP contribution >= 0.6 is 0 Å². The second-order valence-corrected chi connectivity index (χ2v) is 5.91. The van der Waals surface area contributed by atoms with Gasteiger partial charge in [-0.1, -0.05) is 6.92 Å². The third kappa shape index (κ3) is 3.42. The number of nitrogens with two attached hydrogens (primary N) is 1. The molecule has 23 heavy (non-hydrogen) atoms. The highest BCUT2D eigenvalue weighted by molar-refractivity contribution is 5.76. The molecule has 2 aromatic heterocycles. The zero-order chi connectivity index (χ0) is 16.2. The third-order valence-electron chi connectivity index (χ3n) is 4.50. The molecule has 1 amide bonds. The van der Waals surface area contributed by atoms with Gasteiger partial charge in [-0.15, -0.1) is 5.10 Å². The molecule has 8 heteroatoms. The van der Waals surface area contributed by atoms with Crippen LogP contribution in [0, 0.1) is 5.92 Å². The fourth-order valence-electron chi connectivity index (χ4n) is 3.21. The van der Waals surface area contributed by atoms with Gasteiger partial charge in [-0.2, -0.15) is 0 Å². The van der Waals surface area contributed by atoms with Crippen molar-refractivity contribution in [3.05, 3.63) is 30.0 Å². The molecular formula is C15H22N6O2. The van der Waals surface area contributed by atoms with Gasteiger partial charge in [0.05, 0.1) is 12.3 Å². The molecule has 2 aromatic rings. The molecule has 0 aromatic carbocycles. The van der Waals surface area contributed by atoms with Crippen LogP contribution in [0.1, 0.15) is 43.8 Å². The van der Waals surface area contributed by atoms with Gasteiger partial charge in [0.2, 0.25) is 5.91 Å². The molecule has 124 valence electrons. The molecule has 0 aliphatic carbocycles. The maximum atomic E-state index is 11.3. The number of hydrogen-bond acceptors (Lipinski definition) is 6. The van der Waals surface area contributed by atoms with Gasteiger partial charge in [-0.05, 0) is 54.9 Å². The summed E-state index contributed by atoms with van der Waals surface area (Å²) in [5.74, 6) is 1.45. The summed E-state index contributed by atoms with van der Waals surface area (Å²) in [6.07, 6.45) is 4.14. The Labute approximate surface area is 134 Å². The summed E-state index contributed by atoms with van der Waals surface area (Å²) < 4.78 is 7.16. The van der Waals surface area contributed by atoms with Crippen LogP contribution < -0.4 is 5.73 Å². The van der Waals surface area contributed by atoms with Crippen LogP contribution in [-0.2, 0) is 11.3 Å². The van der Waals surface area contributed by atoms with Crippen molar-refractivity contribution in [2.45, 2.75) is 38.8 Å². The largest absolute Gasteiger partial charge is 0.467 e. The Morgan fingerprint density at radius 3 is 2.87 bits per heavy atom. The number of likely N-dealkylation sites (tertiary alicyclic amines) is 1. The number of carbonyl (C=O) groups excluding carboxylic acids is 1.